The molecule has 2 aliphatic rings. The van der Waals surface area contributed by atoms with Crippen molar-refractivity contribution in [3.8, 4) is 5.75 Å². The summed E-state index contributed by atoms with van der Waals surface area (Å²) in [5, 5.41) is 0. The van der Waals surface area contributed by atoms with Crippen molar-refractivity contribution in [2.24, 2.45) is 5.92 Å². The normalized spacial score (nSPS) is 24.0. The quantitative estimate of drug-likeness (QED) is 0.767. The molecule has 0 unspecified atom stereocenters. The van der Waals surface area contributed by atoms with Crippen LogP contribution in [0, 0.1) is 5.92 Å². The smallest absolute Gasteiger partial charge is 0.387 e. The summed E-state index contributed by atoms with van der Waals surface area (Å²) in [5.41, 5.74) is 0.100. The third-order valence-corrected chi connectivity index (χ3v) is 5.28. The van der Waals surface area contributed by atoms with Crippen LogP contribution in [0.15, 0.2) is 22.7 Å². The summed E-state index contributed by atoms with van der Waals surface area (Å²) < 4.78 is 30.4. The Morgan fingerprint density at radius 3 is 2.79 bits per heavy atom. The van der Waals surface area contributed by atoms with Crippen molar-refractivity contribution < 1.29 is 23.1 Å². The molecule has 24 heavy (non-hydrogen) atoms. The average Bonchev–Trinajstić information content (AvgIpc) is 2.56. The number of ether oxygens (including phenoxy) is 1. The standard InChI is InChI=1S/C17H18BrF2NO3/c18-10-5-6-15(24-17(19)20)12(9-10)16(23)21-8-7-14(22)11-3-1-2-4-13(11)21/h5-6,9,11,13,17H,1-4,7-8H2/t11-,13+/m1/s1. The van der Waals surface area contributed by atoms with Crippen molar-refractivity contribution >= 4 is 27.6 Å². The molecule has 4 nitrogen and oxygen atoms in total. The highest BCUT2D eigenvalue weighted by molar-refractivity contribution is 9.10. The molecule has 0 aromatic heterocycles. The predicted molar refractivity (Wildman–Crippen MR) is 87.2 cm³/mol. The highest BCUT2D eigenvalue weighted by atomic mass is 79.9. The van der Waals surface area contributed by atoms with Gasteiger partial charge in [0.05, 0.1) is 5.56 Å². The summed E-state index contributed by atoms with van der Waals surface area (Å²) in [6.45, 7) is -2.66. The van der Waals surface area contributed by atoms with Crippen LogP contribution in [0.3, 0.4) is 0 Å². The number of halogens is 3. The van der Waals surface area contributed by atoms with Crippen LogP contribution in [0.1, 0.15) is 42.5 Å². The van der Waals surface area contributed by atoms with E-state index in [1.165, 1.54) is 12.1 Å². The first-order chi connectivity index (χ1) is 11.5. The van der Waals surface area contributed by atoms with E-state index in [9.17, 15) is 18.4 Å². The molecule has 2 atom stereocenters. The van der Waals surface area contributed by atoms with E-state index in [1.807, 2.05) is 0 Å². The second-order valence-corrected chi connectivity index (χ2v) is 7.11. The van der Waals surface area contributed by atoms with Gasteiger partial charge in [0, 0.05) is 29.4 Å². The fourth-order valence-electron chi connectivity index (χ4n) is 3.72. The first-order valence-electron chi connectivity index (χ1n) is 8.05. The number of nitrogens with zero attached hydrogens (tertiary/aromatic N) is 1. The van der Waals surface area contributed by atoms with Gasteiger partial charge in [-0.15, -0.1) is 0 Å². The van der Waals surface area contributed by atoms with Gasteiger partial charge < -0.3 is 9.64 Å². The van der Waals surface area contributed by atoms with E-state index in [0.29, 0.717) is 17.4 Å². The Hall–Kier alpha value is -1.50. The Bertz CT molecular complexity index is 653. The lowest BCUT2D eigenvalue weighted by atomic mass is 9.77. The molecular weight excluding hydrogens is 384 g/mol. The molecule has 1 aliphatic carbocycles. The van der Waals surface area contributed by atoms with Crippen LogP contribution >= 0.6 is 15.9 Å². The van der Waals surface area contributed by atoms with Crippen LogP contribution < -0.4 is 4.74 Å². The molecule has 7 heteroatoms. The summed E-state index contributed by atoms with van der Waals surface area (Å²) in [5.74, 6) is -0.399. The Balaban J connectivity index is 1.90. The number of rotatable bonds is 3. The summed E-state index contributed by atoms with van der Waals surface area (Å²) >= 11 is 3.27. The zero-order valence-electron chi connectivity index (χ0n) is 13.0. The van der Waals surface area contributed by atoms with Crippen LogP contribution in [0.2, 0.25) is 0 Å². The zero-order chi connectivity index (χ0) is 17.3. The van der Waals surface area contributed by atoms with Crippen LogP contribution in [-0.4, -0.2) is 35.8 Å². The lowest BCUT2D eigenvalue weighted by molar-refractivity contribution is -0.129. The molecule has 1 amide bonds. The molecule has 0 spiro atoms. The van der Waals surface area contributed by atoms with Gasteiger partial charge in [0.25, 0.3) is 5.91 Å². The summed E-state index contributed by atoms with van der Waals surface area (Å²) in [4.78, 5) is 26.8. The van der Waals surface area contributed by atoms with Crippen molar-refractivity contribution in [1.82, 2.24) is 4.90 Å². The number of Topliss-reactive ketones (excluding diaryl/α,β-unsaturated/α-hetero) is 1. The topological polar surface area (TPSA) is 46.6 Å². The molecule has 0 N–H and O–H groups in total. The summed E-state index contributed by atoms with van der Waals surface area (Å²) in [6, 6.07) is 4.27. The molecule has 1 heterocycles. The highest BCUT2D eigenvalue weighted by Gasteiger charge is 2.41. The maximum Gasteiger partial charge on any atom is 0.387 e. The lowest BCUT2D eigenvalue weighted by Gasteiger charge is -2.43. The van der Waals surface area contributed by atoms with E-state index in [2.05, 4.69) is 20.7 Å². The molecular formula is C17H18BrF2NO3. The predicted octanol–water partition coefficient (Wildman–Crippen LogP) is 4.02. The van der Waals surface area contributed by atoms with Gasteiger partial charge >= 0.3 is 6.61 Å². The summed E-state index contributed by atoms with van der Waals surface area (Å²) in [6.07, 6.45) is 3.86. The first-order valence-corrected chi connectivity index (χ1v) is 8.84. The van der Waals surface area contributed by atoms with Gasteiger partial charge in [-0.25, -0.2) is 0 Å². The van der Waals surface area contributed by atoms with Gasteiger partial charge in [0.1, 0.15) is 11.5 Å². The van der Waals surface area contributed by atoms with E-state index in [0.717, 1.165) is 25.7 Å². The van der Waals surface area contributed by atoms with Gasteiger partial charge in [-0.3, -0.25) is 9.59 Å². The number of benzene rings is 1. The van der Waals surface area contributed by atoms with E-state index in [4.69, 9.17) is 0 Å². The summed E-state index contributed by atoms with van der Waals surface area (Å²) in [7, 11) is 0. The van der Waals surface area contributed by atoms with Gasteiger partial charge in [0.2, 0.25) is 0 Å². The molecule has 2 fully saturated rings. The van der Waals surface area contributed by atoms with Crippen LogP contribution in [0.4, 0.5) is 8.78 Å². The number of carbonyl (C=O) groups is 2. The average molecular weight is 402 g/mol. The van der Waals surface area contributed by atoms with Crippen LogP contribution in [0.25, 0.3) is 0 Å². The molecule has 3 rings (SSSR count). The third kappa shape index (κ3) is 3.45. The van der Waals surface area contributed by atoms with Crippen molar-refractivity contribution in [1.29, 1.82) is 0 Å². The fourth-order valence-corrected chi connectivity index (χ4v) is 4.08. The third-order valence-electron chi connectivity index (χ3n) is 4.79. The number of hydrogen-bond acceptors (Lipinski definition) is 3. The highest BCUT2D eigenvalue weighted by Crippen LogP contribution is 2.35. The lowest BCUT2D eigenvalue weighted by Crippen LogP contribution is -2.53. The molecule has 1 aromatic rings. The van der Waals surface area contributed by atoms with E-state index >= 15 is 0 Å². The number of piperidine rings is 1. The van der Waals surface area contributed by atoms with Crippen molar-refractivity contribution in [3.63, 3.8) is 0 Å². The molecule has 0 radical (unpaired) electrons. The molecule has 1 aromatic carbocycles. The first kappa shape index (κ1) is 17.3. The monoisotopic (exact) mass is 401 g/mol. The molecule has 1 saturated carbocycles. The maximum atomic E-state index is 13.0. The van der Waals surface area contributed by atoms with Crippen molar-refractivity contribution in [2.45, 2.75) is 44.8 Å². The van der Waals surface area contributed by atoms with Gasteiger partial charge in [-0.1, -0.05) is 28.8 Å². The fraction of sp³-hybridized carbons (Fsp3) is 0.529. The molecule has 130 valence electrons. The molecule has 1 saturated heterocycles. The second kappa shape index (κ2) is 7.17. The van der Waals surface area contributed by atoms with E-state index < -0.39 is 6.61 Å². The molecule has 0 bridgehead atoms. The number of ketones is 1. The van der Waals surface area contributed by atoms with Crippen molar-refractivity contribution in [3.05, 3.63) is 28.2 Å². The van der Waals surface area contributed by atoms with Crippen molar-refractivity contribution in [2.75, 3.05) is 6.54 Å². The number of amides is 1. The van der Waals surface area contributed by atoms with Gasteiger partial charge in [-0.2, -0.15) is 8.78 Å². The van der Waals surface area contributed by atoms with E-state index in [-0.39, 0.29) is 35.0 Å². The number of hydrogen-bond donors (Lipinski definition) is 0. The minimum atomic E-state index is -3.00. The Morgan fingerprint density at radius 1 is 1.29 bits per heavy atom. The van der Waals surface area contributed by atoms with E-state index in [1.54, 1.807) is 11.0 Å². The van der Waals surface area contributed by atoms with Gasteiger partial charge in [0.15, 0.2) is 0 Å². The second-order valence-electron chi connectivity index (χ2n) is 6.19. The number of carbonyl (C=O) groups excluding carboxylic acids is 2. The number of fused-ring (bicyclic) bond motifs is 1. The van der Waals surface area contributed by atoms with Gasteiger partial charge in [-0.05, 0) is 31.0 Å². The van der Waals surface area contributed by atoms with Crippen LogP contribution in [-0.2, 0) is 4.79 Å². The Labute approximate surface area is 147 Å². The number of alkyl halides is 2. The molecule has 1 aliphatic heterocycles. The largest absolute Gasteiger partial charge is 0.434 e. The maximum absolute atomic E-state index is 13.0. The Kier molecular flexibility index (Phi) is 5.18. The zero-order valence-corrected chi connectivity index (χ0v) is 14.6. The minimum absolute atomic E-state index is 0.100. The number of likely N-dealkylation sites (tertiary alicyclic amines) is 1. The van der Waals surface area contributed by atoms with Crippen LogP contribution in [0.5, 0.6) is 5.75 Å². The SMILES string of the molecule is O=C1CCN(C(=O)c2cc(Br)ccc2OC(F)F)[C@H]2CCCC[C@@H]12. The Morgan fingerprint density at radius 2 is 2.04 bits per heavy atom. The minimum Gasteiger partial charge on any atom is -0.434 e.